The summed E-state index contributed by atoms with van der Waals surface area (Å²) in [5.74, 6) is 0.143. The Bertz CT molecular complexity index is 1740. The number of nitrogens with one attached hydrogen (secondary N) is 1. The highest BCUT2D eigenvalue weighted by atomic mass is 32.2. The first-order valence-electron chi connectivity index (χ1n) is 16.7. The zero-order chi connectivity index (χ0) is 33.7. The number of thioether (sulfide) groups is 1. The smallest absolute Gasteiger partial charge is 0.336 e. The lowest BCUT2D eigenvalue weighted by atomic mass is 9.98. The highest BCUT2D eigenvalue weighted by Gasteiger charge is 2.30. The molecule has 9 heteroatoms. The third kappa shape index (κ3) is 8.14. The van der Waals surface area contributed by atoms with Crippen LogP contribution in [-0.2, 0) is 17.8 Å². The summed E-state index contributed by atoms with van der Waals surface area (Å²) >= 11 is 1.18. The van der Waals surface area contributed by atoms with E-state index in [0.29, 0.717) is 30.0 Å². The van der Waals surface area contributed by atoms with Crippen LogP contribution in [0.1, 0.15) is 97.0 Å². The molecular formula is C38H46N4O4S. The van der Waals surface area contributed by atoms with Gasteiger partial charge in [0.1, 0.15) is 5.82 Å². The molecule has 1 heterocycles. The molecule has 3 aromatic carbocycles. The molecule has 4 aromatic rings. The van der Waals surface area contributed by atoms with E-state index < -0.39 is 11.3 Å². The van der Waals surface area contributed by atoms with Crippen LogP contribution < -0.4 is 11.1 Å². The summed E-state index contributed by atoms with van der Waals surface area (Å²) in [5.41, 5.74) is 12.6. The number of fused-ring (bicyclic) bond motifs is 1. The predicted octanol–water partition coefficient (Wildman–Crippen LogP) is 7.59. The molecular weight excluding hydrogens is 609 g/mol. The molecule has 1 fully saturated rings. The van der Waals surface area contributed by atoms with Gasteiger partial charge < -0.3 is 20.7 Å². The van der Waals surface area contributed by atoms with E-state index in [1.807, 2.05) is 55.5 Å². The van der Waals surface area contributed by atoms with Gasteiger partial charge in [0, 0.05) is 24.4 Å². The second-order valence-corrected chi connectivity index (χ2v) is 14.3. The third-order valence-corrected chi connectivity index (χ3v) is 10.2. The molecule has 8 nitrogen and oxygen atoms in total. The van der Waals surface area contributed by atoms with Gasteiger partial charge in [0.15, 0.2) is 5.12 Å². The monoisotopic (exact) mass is 654 g/mol. The normalized spacial score (nSPS) is 14.9. The molecule has 1 saturated carbocycles. The molecule has 0 saturated heterocycles. The van der Waals surface area contributed by atoms with Crippen LogP contribution >= 0.6 is 11.8 Å². The quantitative estimate of drug-likeness (QED) is 0.127. The molecule has 47 heavy (non-hydrogen) atoms. The van der Waals surface area contributed by atoms with Gasteiger partial charge in [-0.05, 0) is 79.0 Å². The number of carbonyl (C=O) groups is 3. The van der Waals surface area contributed by atoms with Gasteiger partial charge in [-0.15, -0.1) is 0 Å². The number of nitrogens with two attached hydrogens (primary N) is 1. The third-order valence-electron chi connectivity index (χ3n) is 9.00. The van der Waals surface area contributed by atoms with E-state index in [0.717, 1.165) is 72.1 Å². The van der Waals surface area contributed by atoms with Crippen LogP contribution in [0.3, 0.4) is 0 Å². The number of aromatic nitrogens is 2. The zero-order valence-corrected chi connectivity index (χ0v) is 28.6. The zero-order valence-electron chi connectivity index (χ0n) is 27.8. The van der Waals surface area contributed by atoms with E-state index in [1.54, 1.807) is 12.1 Å². The van der Waals surface area contributed by atoms with Gasteiger partial charge in [-0.3, -0.25) is 9.59 Å². The van der Waals surface area contributed by atoms with E-state index in [-0.39, 0.29) is 28.5 Å². The van der Waals surface area contributed by atoms with Crippen LogP contribution in [0.25, 0.3) is 22.2 Å². The molecule has 4 N–H and O–H groups in total. The fourth-order valence-corrected chi connectivity index (χ4v) is 7.60. The second kappa shape index (κ2) is 15.3. The van der Waals surface area contributed by atoms with Crippen molar-refractivity contribution >= 4 is 39.8 Å². The molecule has 0 radical (unpaired) electrons. The van der Waals surface area contributed by atoms with Crippen LogP contribution in [-0.4, -0.2) is 43.1 Å². The van der Waals surface area contributed by atoms with Gasteiger partial charge in [-0.25, -0.2) is 9.78 Å². The summed E-state index contributed by atoms with van der Waals surface area (Å²) in [4.78, 5) is 43.5. The van der Waals surface area contributed by atoms with Gasteiger partial charge in [-0.2, -0.15) is 0 Å². The number of hydrogen-bond acceptors (Lipinski definition) is 6. The summed E-state index contributed by atoms with van der Waals surface area (Å²) in [6, 6.07) is 18.4. The van der Waals surface area contributed by atoms with Crippen molar-refractivity contribution in [2.75, 3.05) is 0 Å². The van der Waals surface area contributed by atoms with Gasteiger partial charge in [-0.1, -0.05) is 87.8 Å². The maximum atomic E-state index is 13.8. The van der Waals surface area contributed by atoms with Crippen molar-refractivity contribution in [3.8, 4) is 11.1 Å². The predicted molar refractivity (Wildman–Crippen MR) is 190 cm³/mol. The second-order valence-electron chi connectivity index (χ2n) is 13.2. The van der Waals surface area contributed by atoms with Crippen molar-refractivity contribution in [2.24, 2.45) is 17.6 Å². The molecule has 2 atom stereocenters. The van der Waals surface area contributed by atoms with Crippen molar-refractivity contribution in [3.05, 3.63) is 88.7 Å². The number of carboxylic acids is 1. The number of benzene rings is 3. The lowest BCUT2D eigenvalue weighted by Gasteiger charge is -2.26. The lowest BCUT2D eigenvalue weighted by Crippen LogP contribution is -2.47. The molecule has 1 unspecified atom stereocenters. The minimum atomic E-state index is -0.956. The largest absolute Gasteiger partial charge is 0.478 e. The number of rotatable bonds is 13. The van der Waals surface area contributed by atoms with Crippen LogP contribution in [0.5, 0.6) is 0 Å². The summed E-state index contributed by atoms with van der Waals surface area (Å²) in [5, 5.41) is 12.4. The maximum Gasteiger partial charge on any atom is 0.336 e. The lowest BCUT2D eigenvalue weighted by molar-refractivity contribution is -0.114. The Balaban J connectivity index is 1.41. The molecule has 0 aliphatic heterocycles. The SMILES string of the molecule is CCCc1nc2c(C)cc(C(=O)N[C@H](CC(C)C)C(N)SC(=O)C3CCCC3)cc2n1Cc1ccc(-c2ccccc2C(=O)O)cc1. The number of hydrogen-bond donors (Lipinski definition) is 3. The summed E-state index contributed by atoms with van der Waals surface area (Å²) in [6.07, 6.45) is 6.41. The van der Waals surface area contributed by atoms with Gasteiger partial charge >= 0.3 is 5.97 Å². The average Bonchev–Trinajstić information content (AvgIpc) is 3.70. The van der Waals surface area contributed by atoms with Crippen LogP contribution in [0.15, 0.2) is 60.7 Å². The topological polar surface area (TPSA) is 127 Å². The van der Waals surface area contributed by atoms with Crippen molar-refractivity contribution < 1.29 is 19.5 Å². The first kappa shape index (κ1) is 34.4. The van der Waals surface area contributed by atoms with Crippen molar-refractivity contribution in [1.82, 2.24) is 14.9 Å². The molecule has 1 aromatic heterocycles. The number of carbonyl (C=O) groups excluding carboxylic acids is 2. The number of nitrogens with zero attached hydrogens (tertiary/aromatic N) is 2. The van der Waals surface area contributed by atoms with E-state index in [4.69, 9.17) is 10.7 Å². The highest BCUT2D eigenvalue weighted by molar-refractivity contribution is 8.14. The first-order valence-corrected chi connectivity index (χ1v) is 17.6. The highest BCUT2D eigenvalue weighted by Crippen LogP contribution is 2.32. The Morgan fingerprint density at radius 2 is 1.77 bits per heavy atom. The van der Waals surface area contributed by atoms with Crippen LogP contribution in [0.2, 0.25) is 0 Å². The average molecular weight is 655 g/mol. The molecule has 1 aliphatic carbocycles. The van der Waals surface area contributed by atoms with Crippen LogP contribution in [0, 0.1) is 18.8 Å². The molecule has 0 bridgehead atoms. The molecule has 1 amide bonds. The Kier molecular flexibility index (Phi) is 11.2. The van der Waals surface area contributed by atoms with Crippen LogP contribution in [0.4, 0.5) is 0 Å². The van der Waals surface area contributed by atoms with Crippen molar-refractivity contribution in [1.29, 1.82) is 0 Å². The maximum absolute atomic E-state index is 13.8. The molecule has 5 rings (SSSR count). The number of imidazole rings is 1. The van der Waals surface area contributed by atoms with Gasteiger partial charge in [0.2, 0.25) is 0 Å². The Morgan fingerprint density at radius 1 is 1.06 bits per heavy atom. The fourth-order valence-electron chi connectivity index (χ4n) is 6.56. The first-order chi connectivity index (χ1) is 22.5. The van der Waals surface area contributed by atoms with Gasteiger partial charge in [0.25, 0.3) is 5.91 Å². The van der Waals surface area contributed by atoms with E-state index in [2.05, 4.69) is 30.7 Å². The summed E-state index contributed by atoms with van der Waals surface area (Å²) < 4.78 is 2.18. The Hall–Kier alpha value is -3.95. The number of amides is 1. The minimum Gasteiger partial charge on any atom is -0.478 e. The number of carboxylic acid groups (broad SMARTS) is 1. The minimum absolute atomic E-state index is 0.0702. The van der Waals surface area contributed by atoms with Gasteiger partial charge in [0.05, 0.1) is 28.0 Å². The van der Waals surface area contributed by atoms with Crippen molar-refractivity contribution in [3.63, 3.8) is 0 Å². The van der Waals surface area contributed by atoms with E-state index in [1.165, 1.54) is 11.8 Å². The fraction of sp³-hybridized carbons (Fsp3) is 0.421. The molecule has 1 aliphatic rings. The number of aryl methyl sites for hydroxylation is 2. The summed E-state index contributed by atoms with van der Waals surface area (Å²) in [6.45, 7) is 8.84. The van der Waals surface area contributed by atoms with E-state index >= 15 is 0 Å². The van der Waals surface area contributed by atoms with E-state index in [9.17, 15) is 19.5 Å². The Labute approximate surface area is 281 Å². The molecule has 0 spiro atoms. The van der Waals surface area contributed by atoms with Crippen molar-refractivity contribution in [2.45, 2.75) is 90.6 Å². The summed E-state index contributed by atoms with van der Waals surface area (Å²) in [7, 11) is 0. The number of aromatic carboxylic acids is 1. The molecule has 248 valence electrons. The Morgan fingerprint density at radius 3 is 2.43 bits per heavy atom. The standard InChI is InChI=1S/C38H46N4O4S/c1-5-10-33-41-34-24(4)20-28(36(43)40-31(19-23(2)3)35(39)47-38(46)27-11-6-7-12-27)21-32(34)42(33)22-25-15-17-26(18-16-25)29-13-8-9-14-30(29)37(44)45/h8-9,13-18,20-21,23,27,31,35H,5-7,10-12,19,22,39H2,1-4H3,(H,40,43)(H,44,45)/t31-,35?/m1/s1.